The van der Waals surface area contributed by atoms with Crippen LogP contribution in [0.25, 0.3) is 5.57 Å². The minimum absolute atomic E-state index is 0.0193. The lowest BCUT2D eigenvalue weighted by atomic mass is 9.76. The standard InChI is InChI=1S/C35H48F3NO5Si/c1-8-45(9-2,10-3)44-34(21-14-22-39(32(40)43-33(5,6)7)31(34)26-15-12-11-13-16-26)24-25(4)29-23-28(42-35(36,37)38)19-20-30(29)41-27-17-18-27/h11-13,15-16,19-20,23,27,31H,4,8-10,14,17-18,21-22,24H2,1-3,5-7H3/t31-,34+/m1/s1. The number of hydrogen-bond donors (Lipinski definition) is 0. The van der Waals surface area contributed by atoms with Crippen LogP contribution in [0.15, 0.2) is 55.1 Å². The zero-order valence-electron chi connectivity index (χ0n) is 27.5. The van der Waals surface area contributed by atoms with Crippen molar-refractivity contribution >= 4 is 20.0 Å². The third kappa shape index (κ3) is 8.85. The Bertz CT molecular complexity index is 1310. The smallest absolute Gasteiger partial charge is 0.490 e. The molecule has 4 rings (SSSR count). The highest BCUT2D eigenvalue weighted by molar-refractivity contribution is 6.73. The number of halogens is 3. The minimum atomic E-state index is -4.84. The van der Waals surface area contributed by atoms with Crippen LogP contribution in [0.5, 0.6) is 11.5 Å². The Morgan fingerprint density at radius 3 is 2.22 bits per heavy atom. The van der Waals surface area contributed by atoms with Crippen molar-refractivity contribution in [3.8, 4) is 11.5 Å². The molecule has 0 aromatic heterocycles. The summed E-state index contributed by atoms with van der Waals surface area (Å²) in [4.78, 5) is 15.6. The first kappa shape index (κ1) is 34.9. The van der Waals surface area contributed by atoms with E-state index in [9.17, 15) is 18.0 Å². The van der Waals surface area contributed by atoms with Gasteiger partial charge in [-0.2, -0.15) is 0 Å². The first-order chi connectivity index (χ1) is 21.1. The van der Waals surface area contributed by atoms with Gasteiger partial charge in [0.15, 0.2) is 8.32 Å². The largest absolute Gasteiger partial charge is 0.573 e. The van der Waals surface area contributed by atoms with E-state index >= 15 is 0 Å². The summed E-state index contributed by atoms with van der Waals surface area (Å²) in [5.74, 6) is 0.128. The van der Waals surface area contributed by atoms with Gasteiger partial charge in [0.1, 0.15) is 17.1 Å². The number of piperidine rings is 1. The molecule has 45 heavy (non-hydrogen) atoms. The van der Waals surface area contributed by atoms with E-state index in [4.69, 9.17) is 13.9 Å². The average Bonchev–Trinajstić information content (AvgIpc) is 3.79. The number of likely N-dealkylation sites (tertiary alicyclic amines) is 1. The molecule has 1 amide bonds. The number of hydrogen-bond acceptors (Lipinski definition) is 5. The quantitative estimate of drug-likeness (QED) is 0.215. The van der Waals surface area contributed by atoms with Gasteiger partial charge in [-0.25, -0.2) is 4.79 Å². The lowest BCUT2D eigenvalue weighted by Crippen LogP contribution is -2.59. The predicted molar refractivity (Wildman–Crippen MR) is 173 cm³/mol. The molecule has 0 unspecified atom stereocenters. The van der Waals surface area contributed by atoms with Crippen LogP contribution in [0.3, 0.4) is 0 Å². The van der Waals surface area contributed by atoms with E-state index in [-0.39, 0.29) is 18.3 Å². The van der Waals surface area contributed by atoms with Gasteiger partial charge in [0.2, 0.25) is 0 Å². The first-order valence-corrected chi connectivity index (χ1v) is 18.7. The molecule has 1 aliphatic heterocycles. The van der Waals surface area contributed by atoms with E-state index in [2.05, 4.69) is 32.1 Å². The van der Waals surface area contributed by atoms with E-state index in [1.54, 1.807) is 4.90 Å². The molecule has 2 atom stereocenters. The molecule has 0 N–H and O–H groups in total. The molecule has 1 saturated heterocycles. The molecular formula is C35H48F3NO5Si. The summed E-state index contributed by atoms with van der Waals surface area (Å²) in [6.45, 7) is 16.9. The highest BCUT2D eigenvalue weighted by Gasteiger charge is 2.53. The molecule has 6 nitrogen and oxygen atoms in total. The highest BCUT2D eigenvalue weighted by atomic mass is 28.4. The van der Waals surface area contributed by atoms with E-state index in [0.29, 0.717) is 36.3 Å². The van der Waals surface area contributed by atoms with E-state index in [0.717, 1.165) is 36.5 Å². The molecule has 0 bridgehead atoms. The zero-order chi connectivity index (χ0) is 33.0. The molecule has 1 heterocycles. The Morgan fingerprint density at radius 2 is 1.67 bits per heavy atom. The third-order valence-corrected chi connectivity index (χ3v) is 13.5. The first-order valence-electron chi connectivity index (χ1n) is 16.1. The van der Waals surface area contributed by atoms with Crippen LogP contribution in [-0.2, 0) is 9.16 Å². The lowest BCUT2D eigenvalue weighted by Gasteiger charge is -2.53. The van der Waals surface area contributed by atoms with E-state index in [1.807, 2.05) is 51.1 Å². The number of ether oxygens (including phenoxy) is 3. The molecular weight excluding hydrogens is 599 g/mol. The monoisotopic (exact) mass is 647 g/mol. The number of carbonyl (C=O) groups excluding carboxylic acids is 1. The molecule has 0 spiro atoms. The molecule has 10 heteroatoms. The molecule has 2 aromatic rings. The molecule has 0 radical (unpaired) electrons. The second-order valence-electron chi connectivity index (χ2n) is 13.3. The fourth-order valence-corrected chi connectivity index (χ4v) is 9.45. The molecule has 248 valence electrons. The van der Waals surface area contributed by atoms with Gasteiger partial charge in [-0.05, 0) is 93.9 Å². The number of rotatable bonds is 12. The summed E-state index contributed by atoms with van der Waals surface area (Å²) in [6.07, 6.45) is -1.90. The van der Waals surface area contributed by atoms with Crippen LogP contribution in [0.2, 0.25) is 18.1 Å². The maximum Gasteiger partial charge on any atom is 0.573 e. The van der Waals surface area contributed by atoms with Crippen molar-refractivity contribution in [2.24, 2.45) is 0 Å². The lowest BCUT2D eigenvalue weighted by molar-refractivity contribution is -0.274. The topological polar surface area (TPSA) is 57.2 Å². The Morgan fingerprint density at radius 1 is 1.02 bits per heavy atom. The minimum Gasteiger partial charge on any atom is -0.490 e. The fraction of sp³-hybridized carbons (Fsp3) is 0.571. The van der Waals surface area contributed by atoms with Crippen molar-refractivity contribution in [3.05, 3.63) is 66.2 Å². The molecule has 2 aliphatic rings. The van der Waals surface area contributed by atoms with Crippen LogP contribution < -0.4 is 9.47 Å². The molecule has 2 fully saturated rings. The van der Waals surface area contributed by atoms with Gasteiger partial charge in [-0.3, -0.25) is 4.90 Å². The van der Waals surface area contributed by atoms with Gasteiger partial charge < -0.3 is 18.6 Å². The summed E-state index contributed by atoms with van der Waals surface area (Å²) < 4.78 is 63.7. The van der Waals surface area contributed by atoms with Gasteiger partial charge in [-0.15, -0.1) is 13.2 Å². The number of benzene rings is 2. The Labute approximate surface area is 267 Å². The Kier molecular flexibility index (Phi) is 10.7. The van der Waals surface area contributed by atoms with Gasteiger partial charge in [0, 0.05) is 18.5 Å². The number of amides is 1. The van der Waals surface area contributed by atoms with Gasteiger partial charge in [0.05, 0.1) is 17.7 Å². The Hall–Kier alpha value is -2.98. The highest BCUT2D eigenvalue weighted by Crippen LogP contribution is 2.51. The predicted octanol–water partition coefficient (Wildman–Crippen LogP) is 10.1. The van der Waals surface area contributed by atoms with E-state index < -0.39 is 38.0 Å². The number of nitrogens with zero attached hydrogens (tertiary/aromatic N) is 1. The summed E-state index contributed by atoms with van der Waals surface area (Å²) in [6, 6.07) is 16.1. The van der Waals surface area contributed by atoms with Crippen LogP contribution in [0, 0.1) is 0 Å². The van der Waals surface area contributed by atoms with Crippen LogP contribution in [0.1, 0.15) is 90.8 Å². The fourth-order valence-electron chi connectivity index (χ4n) is 6.37. The molecule has 1 saturated carbocycles. The van der Waals surface area contributed by atoms with Gasteiger partial charge in [0.25, 0.3) is 0 Å². The average molecular weight is 648 g/mol. The van der Waals surface area contributed by atoms with Crippen molar-refractivity contribution in [2.75, 3.05) is 6.54 Å². The summed E-state index contributed by atoms with van der Waals surface area (Å²) >= 11 is 0. The maximum absolute atomic E-state index is 13.9. The maximum atomic E-state index is 13.9. The van der Waals surface area contributed by atoms with Crippen LogP contribution >= 0.6 is 0 Å². The summed E-state index contributed by atoms with van der Waals surface area (Å²) in [5, 5.41) is 0. The number of carbonyl (C=O) groups is 1. The van der Waals surface area contributed by atoms with Gasteiger partial charge in [-0.1, -0.05) is 57.7 Å². The second kappa shape index (κ2) is 13.8. The van der Waals surface area contributed by atoms with Gasteiger partial charge >= 0.3 is 12.5 Å². The SMILES string of the molecule is C=C(C[C@@]1(O[Si](CC)(CC)CC)CCCN(C(=O)OC(C)(C)C)[C@@H]1c1ccccc1)c1cc(OC(F)(F)F)ccc1OC1CC1. The molecule has 1 aliphatic carbocycles. The zero-order valence-corrected chi connectivity index (χ0v) is 28.5. The summed E-state index contributed by atoms with van der Waals surface area (Å²) in [5.41, 5.74) is 0.303. The third-order valence-electron chi connectivity index (χ3n) is 8.80. The Balaban J connectivity index is 1.86. The van der Waals surface area contributed by atoms with Crippen molar-refractivity contribution in [1.82, 2.24) is 4.90 Å². The van der Waals surface area contributed by atoms with Crippen LogP contribution in [-0.4, -0.2) is 49.5 Å². The molecule has 2 aromatic carbocycles. The summed E-state index contributed by atoms with van der Waals surface area (Å²) in [7, 11) is -2.33. The van der Waals surface area contributed by atoms with Crippen LogP contribution in [0.4, 0.5) is 18.0 Å². The normalized spacial score (nSPS) is 20.9. The number of alkyl halides is 3. The van der Waals surface area contributed by atoms with E-state index in [1.165, 1.54) is 18.2 Å². The second-order valence-corrected chi connectivity index (χ2v) is 18.0. The van der Waals surface area contributed by atoms with Crippen molar-refractivity contribution in [2.45, 2.75) is 121 Å². The van der Waals surface area contributed by atoms with Crippen molar-refractivity contribution < 1.29 is 36.6 Å². The van der Waals surface area contributed by atoms with Crippen molar-refractivity contribution in [1.29, 1.82) is 0 Å². The van der Waals surface area contributed by atoms with Crippen molar-refractivity contribution in [3.63, 3.8) is 0 Å².